The van der Waals surface area contributed by atoms with Gasteiger partial charge in [0, 0.05) is 42.0 Å². The average molecular weight is 373 g/mol. The van der Waals surface area contributed by atoms with Gasteiger partial charge in [0.05, 0.1) is 14.2 Å². The summed E-state index contributed by atoms with van der Waals surface area (Å²) in [5.74, 6) is 2.20. The van der Waals surface area contributed by atoms with E-state index in [2.05, 4.69) is 15.5 Å². The maximum Gasteiger partial charge on any atom is 0.248 e. The molecule has 0 aliphatic heterocycles. The van der Waals surface area contributed by atoms with E-state index in [1.807, 2.05) is 29.0 Å². The lowest BCUT2D eigenvalue weighted by Crippen LogP contribution is -2.23. The largest absolute Gasteiger partial charge is 0.497 e. The van der Waals surface area contributed by atoms with Crippen LogP contribution >= 0.6 is 11.3 Å². The lowest BCUT2D eigenvalue weighted by molar-refractivity contribution is -0.121. The van der Waals surface area contributed by atoms with Crippen LogP contribution in [-0.2, 0) is 17.8 Å². The Morgan fingerprint density at radius 2 is 2.12 bits per heavy atom. The van der Waals surface area contributed by atoms with Gasteiger partial charge < -0.3 is 19.2 Å². The fourth-order valence-corrected chi connectivity index (χ4v) is 2.99. The van der Waals surface area contributed by atoms with E-state index in [4.69, 9.17) is 13.9 Å². The first-order chi connectivity index (χ1) is 12.7. The number of aromatic nitrogens is 2. The molecule has 3 aromatic rings. The zero-order valence-electron chi connectivity index (χ0n) is 14.5. The molecule has 2 aromatic heterocycles. The van der Waals surface area contributed by atoms with Crippen LogP contribution < -0.4 is 14.8 Å². The highest BCUT2D eigenvalue weighted by Gasteiger charge is 2.12. The highest BCUT2D eigenvalue weighted by molar-refractivity contribution is 7.08. The summed E-state index contributed by atoms with van der Waals surface area (Å²) in [6.45, 7) is 0.371. The Bertz CT molecular complexity index is 861. The van der Waals surface area contributed by atoms with Crippen molar-refractivity contribution >= 4 is 17.2 Å². The van der Waals surface area contributed by atoms with Gasteiger partial charge in [-0.15, -0.1) is 10.2 Å². The van der Waals surface area contributed by atoms with Gasteiger partial charge in [0.1, 0.15) is 11.5 Å². The molecular formula is C18H19N3O4S. The second kappa shape index (κ2) is 8.48. The zero-order valence-corrected chi connectivity index (χ0v) is 15.3. The van der Waals surface area contributed by atoms with Crippen LogP contribution in [0.1, 0.15) is 17.9 Å². The molecule has 0 spiro atoms. The third-order valence-corrected chi connectivity index (χ3v) is 4.45. The van der Waals surface area contributed by atoms with Crippen molar-refractivity contribution in [3.63, 3.8) is 0 Å². The molecule has 2 heterocycles. The van der Waals surface area contributed by atoms with Gasteiger partial charge in [-0.1, -0.05) is 0 Å². The fraction of sp³-hybridized carbons (Fsp3) is 0.278. The van der Waals surface area contributed by atoms with E-state index in [0.29, 0.717) is 36.2 Å². The van der Waals surface area contributed by atoms with Crippen LogP contribution in [0.5, 0.6) is 11.5 Å². The van der Waals surface area contributed by atoms with Gasteiger partial charge in [-0.25, -0.2) is 0 Å². The van der Waals surface area contributed by atoms with Crippen molar-refractivity contribution in [2.75, 3.05) is 14.2 Å². The normalized spacial score (nSPS) is 10.5. The summed E-state index contributed by atoms with van der Waals surface area (Å²) in [7, 11) is 3.18. The van der Waals surface area contributed by atoms with Gasteiger partial charge in [-0.3, -0.25) is 4.79 Å². The summed E-state index contributed by atoms with van der Waals surface area (Å²) in [6.07, 6.45) is 0.659. The van der Waals surface area contributed by atoms with Crippen molar-refractivity contribution in [1.29, 1.82) is 0 Å². The van der Waals surface area contributed by atoms with E-state index in [1.54, 1.807) is 31.6 Å². The van der Waals surface area contributed by atoms with Crippen molar-refractivity contribution < 1.29 is 18.7 Å². The number of amides is 1. The lowest BCUT2D eigenvalue weighted by Gasteiger charge is -2.11. The van der Waals surface area contributed by atoms with E-state index in [-0.39, 0.29) is 12.3 Å². The first-order valence-electron chi connectivity index (χ1n) is 8.02. The molecule has 3 rings (SSSR count). The monoisotopic (exact) mass is 373 g/mol. The van der Waals surface area contributed by atoms with Crippen LogP contribution in [-0.4, -0.2) is 30.3 Å². The van der Waals surface area contributed by atoms with Crippen LogP contribution in [0.4, 0.5) is 0 Å². The molecule has 26 heavy (non-hydrogen) atoms. The predicted octanol–water partition coefficient (Wildman–Crippen LogP) is 3.06. The first kappa shape index (κ1) is 17.9. The molecule has 0 saturated heterocycles. The summed E-state index contributed by atoms with van der Waals surface area (Å²) in [5, 5.41) is 14.7. The van der Waals surface area contributed by atoms with Gasteiger partial charge in [0.25, 0.3) is 0 Å². The number of methoxy groups -OCH3 is 2. The molecule has 0 bridgehead atoms. The summed E-state index contributed by atoms with van der Waals surface area (Å²) in [5.41, 5.74) is 1.77. The fourth-order valence-electron chi connectivity index (χ4n) is 2.36. The number of rotatable bonds is 8. The third-order valence-electron chi connectivity index (χ3n) is 3.77. The number of nitrogens with zero attached hydrogens (tertiary/aromatic N) is 2. The number of thiophene rings is 1. The predicted molar refractivity (Wildman–Crippen MR) is 97.3 cm³/mol. The first-order valence-corrected chi connectivity index (χ1v) is 8.96. The molecule has 8 heteroatoms. The molecule has 1 N–H and O–H groups in total. The molecule has 7 nitrogen and oxygen atoms in total. The number of nitrogens with one attached hydrogen (secondary N) is 1. The van der Waals surface area contributed by atoms with E-state index in [1.165, 1.54) is 0 Å². The van der Waals surface area contributed by atoms with E-state index in [9.17, 15) is 4.79 Å². The van der Waals surface area contributed by atoms with Gasteiger partial charge in [0.15, 0.2) is 0 Å². The molecule has 1 amide bonds. The summed E-state index contributed by atoms with van der Waals surface area (Å²) in [6, 6.07) is 7.39. The topological polar surface area (TPSA) is 86.5 Å². The molecule has 136 valence electrons. The van der Waals surface area contributed by atoms with Crippen molar-refractivity contribution in [2.45, 2.75) is 19.4 Å². The van der Waals surface area contributed by atoms with Crippen molar-refractivity contribution in [3.8, 4) is 23.0 Å². The molecule has 1 aromatic carbocycles. The summed E-state index contributed by atoms with van der Waals surface area (Å²) >= 11 is 1.56. The summed E-state index contributed by atoms with van der Waals surface area (Å²) < 4.78 is 16.1. The highest BCUT2D eigenvalue weighted by Crippen LogP contribution is 2.24. The summed E-state index contributed by atoms with van der Waals surface area (Å²) in [4.78, 5) is 12.1. The van der Waals surface area contributed by atoms with Crippen LogP contribution in [0.2, 0.25) is 0 Å². The molecule has 0 radical (unpaired) electrons. The second-order valence-electron chi connectivity index (χ2n) is 5.47. The van der Waals surface area contributed by atoms with Gasteiger partial charge in [0.2, 0.25) is 17.7 Å². The minimum Gasteiger partial charge on any atom is -0.497 e. The Labute approximate surface area is 155 Å². The number of hydrogen-bond acceptors (Lipinski definition) is 7. The molecule has 0 unspecified atom stereocenters. The Morgan fingerprint density at radius 1 is 1.23 bits per heavy atom. The maximum atomic E-state index is 12.1. The number of hydrogen-bond donors (Lipinski definition) is 1. The number of benzene rings is 1. The number of aryl methyl sites for hydroxylation is 1. The van der Waals surface area contributed by atoms with E-state index >= 15 is 0 Å². The molecular weight excluding hydrogens is 354 g/mol. The number of carbonyl (C=O) groups is 1. The Kier molecular flexibility index (Phi) is 5.85. The van der Waals surface area contributed by atoms with Crippen LogP contribution in [0, 0.1) is 0 Å². The molecule has 0 aliphatic carbocycles. The lowest BCUT2D eigenvalue weighted by atomic mass is 10.2. The SMILES string of the molecule is COc1ccc(CNC(=O)CCc2nnc(-c3ccsc3)o2)c(OC)c1. The smallest absolute Gasteiger partial charge is 0.248 e. The maximum absolute atomic E-state index is 12.1. The minimum atomic E-state index is -0.0989. The molecule has 0 atom stereocenters. The second-order valence-corrected chi connectivity index (χ2v) is 6.25. The van der Waals surface area contributed by atoms with E-state index < -0.39 is 0 Å². The van der Waals surface area contributed by atoms with E-state index in [0.717, 1.165) is 11.1 Å². The average Bonchev–Trinajstić information content (AvgIpc) is 3.35. The van der Waals surface area contributed by atoms with Gasteiger partial charge >= 0.3 is 0 Å². The van der Waals surface area contributed by atoms with Gasteiger partial charge in [-0.2, -0.15) is 11.3 Å². The Morgan fingerprint density at radius 3 is 2.85 bits per heavy atom. The molecule has 0 aliphatic rings. The molecule has 0 fully saturated rings. The Hall–Kier alpha value is -2.87. The van der Waals surface area contributed by atoms with Crippen LogP contribution in [0.3, 0.4) is 0 Å². The van der Waals surface area contributed by atoms with Crippen LogP contribution in [0.25, 0.3) is 11.5 Å². The molecule has 0 saturated carbocycles. The van der Waals surface area contributed by atoms with Crippen molar-refractivity contribution in [1.82, 2.24) is 15.5 Å². The van der Waals surface area contributed by atoms with Gasteiger partial charge in [-0.05, 0) is 23.6 Å². The minimum absolute atomic E-state index is 0.0989. The highest BCUT2D eigenvalue weighted by atomic mass is 32.1. The third kappa shape index (κ3) is 4.40. The quantitative estimate of drug-likeness (QED) is 0.653. The number of ether oxygens (including phenoxy) is 2. The van der Waals surface area contributed by atoms with Crippen molar-refractivity contribution in [3.05, 3.63) is 46.5 Å². The van der Waals surface area contributed by atoms with Crippen molar-refractivity contribution in [2.24, 2.45) is 0 Å². The van der Waals surface area contributed by atoms with Crippen LogP contribution in [0.15, 0.2) is 39.4 Å². The number of carbonyl (C=O) groups excluding carboxylic acids is 1. The zero-order chi connectivity index (χ0) is 18.4. The standard InChI is InChI=1S/C18H19N3O4S/c1-23-14-4-3-12(15(9-14)24-2)10-19-16(22)5-6-17-20-21-18(25-17)13-7-8-26-11-13/h3-4,7-9,11H,5-6,10H2,1-2H3,(H,19,22). The Balaban J connectivity index is 1.50.